The van der Waals surface area contributed by atoms with E-state index in [4.69, 9.17) is 4.74 Å². The molecule has 0 aliphatic rings. The summed E-state index contributed by atoms with van der Waals surface area (Å²) in [6.45, 7) is 0. The van der Waals surface area contributed by atoms with Gasteiger partial charge in [0.2, 0.25) is 5.88 Å². The van der Waals surface area contributed by atoms with Crippen LogP contribution in [-0.4, -0.2) is 18.0 Å². The van der Waals surface area contributed by atoms with Gasteiger partial charge < -0.3 is 10.1 Å². The SMILES string of the molecule is COc1ncccc1NC(=O)c1cccs1. The molecule has 4 nitrogen and oxygen atoms in total. The molecule has 0 saturated heterocycles. The van der Waals surface area contributed by atoms with Crippen LogP contribution in [0.15, 0.2) is 35.8 Å². The Balaban J connectivity index is 2.18. The van der Waals surface area contributed by atoms with Gasteiger partial charge in [0.1, 0.15) is 5.69 Å². The fourth-order valence-corrected chi connectivity index (χ4v) is 1.86. The third-order valence-corrected chi connectivity index (χ3v) is 2.83. The monoisotopic (exact) mass is 234 g/mol. The van der Waals surface area contributed by atoms with Crippen molar-refractivity contribution in [1.29, 1.82) is 0 Å². The highest BCUT2D eigenvalue weighted by Gasteiger charge is 2.10. The Labute approximate surface area is 96.9 Å². The van der Waals surface area contributed by atoms with Crippen molar-refractivity contribution < 1.29 is 9.53 Å². The molecule has 0 saturated carbocycles. The third kappa shape index (κ3) is 2.20. The molecule has 0 bridgehead atoms. The van der Waals surface area contributed by atoms with Gasteiger partial charge in [0.25, 0.3) is 5.91 Å². The highest BCUT2D eigenvalue weighted by Crippen LogP contribution is 2.21. The van der Waals surface area contributed by atoms with Crippen LogP contribution in [0.4, 0.5) is 5.69 Å². The molecule has 2 rings (SSSR count). The zero-order chi connectivity index (χ0) is 11.4. The quantitative estimate of drug-likeness (QED) is 0.887. The van der Waals surface area contributed by atoms with Gasteiger partial charge in [-0.2, -0.15) is 0 Å². The van der Waals surface area contributed by atoms with Crippen LogP contribution in [0, 0.1) is 0 Å². The van der Waals surface area contributed by atoms with E-state index in [0.29, 0.717) is 16.4 Å². The number of pyridine rings is 1. The van der Waals surface area contributed by atoms with Crippen LogP contribution in [0.2, 0.25) is 0 Å². The van der Waals surface area contributed by atoms with E-state index in [1.54, 1.807) is 24.4 Å². The lowest BCUT2D eigenvalue weighted by Crippen LogP contribution is -2.11. The average molecular weight is 234 g/mol. The number of carbonyl (C=O) groups is 1. The van der Waals surface area contributed by atoms with Crippen molar-refractivity contribution >= 4 is 22.9 Å². The zero-order valence-corrected chi connectivity index (χ0v) is 9.45. The summed E-state index contributed by atoms with van der Waals surface area (Å²) in [5.41, 5.74) is 0.573. The predicted molar refractivity (Wildman–Crippen MR) is 63.1 cm³/mol. The van der Waals surface area contributed by atoms with Crippen LogP contribution in [0.1, 0.15) is 9.67 Å². The van der Waals surface area contributed by atoms with Gasteiger partial charge in [-0.05, 0) is 23.6 Å². The number of ether oxygens (including phenoxy) is 1. The Morgan fingerprint density at radius 2 is 2.31 bits per heavy atom. The lowest BCUT2D eigenvalue weighted by molar-refractivity contribution is 0.103. The summed E-state index contributed by atoms with van der Waals surface area (Å²) >= 11 is 1.39. The van der Waals surface area contributed by atoms with Crippen LogP contribution >= 0.6 is 11.3 Å². The number of rotatable bonds is 3. The molecular formula is C11H10N2O2S. The van der Waals surface area contributed by atoms with E-state index in [9.17, 15) is 4.79 Å². The molecule has 1 amide bonds. The second-order valence-electron chi connectivity index (χ2n) is 2.99. The highest BCUT2D eigenvalue weighted by atomic mass is 32.1. The van der Waals surface area contributed by atoms with Crippen LogP contribution in [-0.2, 0) is 0 Å². The molecule has 16 heavy (non-hydrogen) atoms. The van der Waals surface area contributed by atoms with Crippen molar-refractivity contribution in [1.82, 2.24) is 4.98 Å². The first-order valence-electron chi connectivity index (χ1n) is 4.65. The molecule has 0 aliphatic carbocycles. The highest BCUT2D eigenvalue weighted by molar-refractivity contribution is 7.12. The Hall–Kier alpha value is -1.88. The van der Waals surface area contributed by atoms with Gasteiger partial charge in [0, 0.05) is 6.20 Å². The molecule has 1 N–H and O–H groups in total. The van der Waals surface area contributed by atoms with E-state index in [1.807, 2.05) is 11.4 Å². The third-order valence-electron chi connectivity index (χ3n) is 1.96. The van der Waals surface area contributed by atoms with Crippen LogP contribution < -0.4 is 10.1 Å². The van der Waals surface area contributed by atoms with Gasteiger partial charge in [0.05, 0.1) is 12.0 Å². The maximum Gasteiger partial charge on any atom is 0.265 e. The number of aromatic nitrogens is 1. The number of methoxy groups -OCH3 is 1. The maximum absolute atomic E-state index is 11.8. The van der Waals surface area contributed by atoms with Crippen molar-refractivity contribution in [2.24, 2.45) is 0 Å². The minimum atomic E-state index is -0.152. The van der Waals surface area contributed by atoms with E-state index in [2.05, 4.69) is 10.3 Å². The summed E-state index contributed by atoms with van der Waals surface area (Å²) in [6, 6.07) is 7.09. The molecule has 2 aromatic heterocycles. The summed E-state index contributed by atoms with van der Waals surface area (Å²) in [6.07, 6.45) is 1.61. The minimum absolute atomic E-state index is 0.152. The number of carbonyl (C=O) groups excluding carboxylic acids is 1. The number of nitrogens with zero attached hydrogens (tertiary/aromatic N) is 1. The number of anilines is 1. The number of nitrogens with one attached hydrogen (secondary N) is 1. The van der Waals surface area contributed by atoms with Crippen LogP contribution in [0.25, 0.3) is 0 Å². The van der Waals surface area contributed by atoms with E-state index in [0.717, 1.165) is 0 Å². The molecule has 5 heteroatoms. The molecule has 82 valence electrons. The normalized spacial score (nSPS) is 9.81. The van der Waals surface area contributed by atoms with Crippen molar-refractivity contribution in [3.05, 3.63) is 40.7 Å². The summed E-state index contributed by atoms with van der Waals surface area (Å²) in [5, 5.41) is 4.60. The molecule has 0 radical (unpaired) electrons. The topological polar surface area (TPSA) is 51.2 Å². The van der Waals surface area contributed by atoms with Crippen molar-refractivity contribution in [3.63, 3.8) is 0 Å². The van der Waals surface area contributed by atoms with Gasteiger partial charge in [-0.15, -0.1) is 11.3 Å². The van der Waals surface area contributed by atoms with E-state index >= 15 is 0 Å². The molecule has 2 aromatic rings. The Bertz CT molecular complexity index is 482. The fraction of sp³-hybridized carbons (Fsp3) is 0.0909. The first-order valence-corrected chi connectivity index (χ1v) is 5.53. The maximum atomic E-state index is 11.8. The van der Waals surface area contributed by atoms with E-state index in [-0.39, 0.29) is 5.91 Å². The van der Waals surface area contributed by atoms with E-state index in [1.165, 1.54) is 18.4 Å². The molecule has 0 atom stereocenters. The summed E-state index contributed by atoms with van der Waals surface area (Å²) in [4.78, 5) is 16.4. The van der Waals surface area contributed by atoms with Crippen LogP contribution in [0.5, 0.6) is 5.88 Å². The molecule has 2 heterocycles. The molecule has 0 fully saturated rings. The second kappa shape index (κ2) is 4.76. The summed E-state index contributed by atoms with van der Waals surface area (Å²) in [7, 11) is 1.52. The molecule has 0 aliphatic heterocycles. The summed E-state index contributed by atoms with van der Waals surface area (Å²) in [5.74, 6) is 0.258. The zero-order valence-electron chi connectivity index (χ0n) is 8.64. The van der Waals surface area contributed by atoms with Gasteiger partial charge in [-0.1, -0.05) is 6.07 Å². The lowest BCUT2D eigenvalue weighted by atomic mass is 10.3. The first-order chi connectivity index (χ1) is 7.81. The van der Waals surface area contributed by atoms with Crippen LogP contribution in [0.3, 0.4) is 0 Å². The molecular weight excluding hydrogens is 224 g/mol. The first kappa shape index (κ1) is 10.6. The Morgan fingerprint density at radius 3 is 3.00 bits per heavy atom. The smallest absolute Gasteiger partial charge is 0.265 e. The fourth-order valence-electron chi connectivity index (χ4n) is 1.24. The van der Waals surface area contributed by atoms with Crippen molar-refractivity contribution in [2.75, 3.05) is 12.4 Å². The number of thiophene rings is 1. The predicted octanol–water partition coefficient (Wildman–Crippen LogP) is 2.40. The van der Waals surface area contributed by atoms with E-state index < -0.39 is 0 Å². The van der Waals surface area contributed by atoms with Crippen molar-refractivity contribution in [2.45, 2.75) is 0 Å². The average Bonchev–Trinajstić information content (AvgIpc) is 2.83. The van der Waals surface area contributed by atoms with Gasteiger partial charge in [-0.3, -0.25) is 4.79 Å². The standard InChI is InChI=1S/C11H10N2O2S/c1-15-11-8(4-2-6-12-11)13-10(14)9-5-3-7-16-9/h2-7H,1H3,(H,13,14). The molecule has 0 unspecified atom stereocenters. The Morgan fingerprint density at radius 1 is 1.44 bits per heavy atom. The lowest BCUT2D eigenvalue weighted by Gasteiger charge is -2.07. The van der Waals surface area contributed by atoms with Gasteiger partial charge in [-0.25, -0.2) is 4.98 Å². The Kier molecular flexibility index (Phi) is 3.16. The van der Waals surface area contributed by atoms with Gasteiger partial charge in [0.15, 0.2) is 0 Å². The van der Waals surface area contributed by atoms with Gasteiger partial charge >= 0.3 is 0 Å². The largest absolute Gasteiger partial charge is 0.480 e. The minimum Gasteiger partial charge on any atom is -0.480 e. The van der Waals surface area contributed by atoms with Crippen molar-refractivity contribution in [3.8, 4) is 5.88 Å². The molecule has 0 aromatic carbocycles. The second-order valence-corrected chi connectivity index (χ2v) is 3.94. The number of hydrogen-bond donors (Lipinski definition) is 1. The molecule has 0 spiro atoms. The summed E-state index contributed by atoms with van der Waals surface area (Å²) < 4.78 is 5.04. The number of hydrogen-bond acceptors (Lipinski definition) is 4. The number of amides is 1.